The Morgan fingerprint density at radius 2 is 1.94 bits per heavy atom. The lowest BCUT2D eigenvalue weighted by Crippen LogP contribution is -2.43. The third-order valence-corrected chi connectivity index (χ3v) is 2.61. The zero-order valence-electron chi connectivity index (χ0n) is 9.12. The second kappa shape index (κ2) is 6.81. The molecule has 1 unspecified atom stereocenters. The van der Waals surface area contributed by atoms with E-state index in [9.17, 15) is 4.79 Å². The van der Waals surface area contributed by atoms with Crippen molar-refractivity contribution in [3.63, 3.8) is 0 Å². The maximum Gasteiger partial charge on any atom is 0.239 e. The van der Waals surface area contributed by atoms with Gasteiger partial charge in [-0.05, 0) is 30.2 Å². The van der Waals surface area contributed by atoms with Gasteiger partial charge in [-0.3, -0.25) is 4.79 Å². The predicted molar refractivity (Wildman–Crippen MR) is 68.2 cm³/mol. The van der Waals surface area contributed by atoms with Gasteiger partial charge in [0.25, 0.3) is 0 Å². The van der Waals surface area contributed by atoms with Crippen molar-refractivity contribution in [3.8, 4) is 0 Å². The van der Waals surface area contributed by atoms with Gasteiger partial charge in [-0.1, -0.05) is 23.2 Å². The number of aliphatic hydroxyl groups excluding tert-OH is 1. The van der Waals surface area contributed by atoms with Crippen LogP contribution in [0, 0.1) is 0 Å². The van der Waals surface area contributed by atoms with Crippen molar-refractivity contribution >= 4 is 29.1 Å². The van der Waals surface area contributed by atoms with Crippen LogP contribution in [0.4, 0.5) is 0 Å². The molecule has 0 fully saturated rings. The summed E-state index contributed by atoms with van der Waals surface area (Å²) in [6, 6.07) is 4.34. The summed E-state index contributed by atoms with van der Waals surface area (Å²) in [5, 5.41) is 12.4. The molecule has 0 saturated carbocycles. The topological polar surface area (TPSA) is 75.3 Å². The molecule has 1 amide bonds. The molecule has 1 atom stereocenters. The molecule has 1 aromatic carbocycles. The van der Waals surface area contributed by atoms with Gasteiger partial charge in [-0.25, -0.2) is 0 Å². The van der Waals surface area contributed by atoms with Crippen molar-refractivity contribution in [3.05, 3.63) is 33.8 Å². The predicted octanol–water partition coefficient (Wildman–Crippen LogP) is 0.972. The summed E-state index contributed by atoms with van der Waals surface area (Å²) in [7, 11) is 0. The van der Waals surface area contributed by atoms with Gasteiger partial charge in [0.05, 0.1) is 6.61 Å². The molecule has 17 heavy (non-hydrogen) atoms. The molecular weight excluding hydrogens is 263 g/mol. The van der Waals surface area contributed by atoms with Crippen LogP contribution in [0.25, 0.3) is 0 Å². The van der Waals surface area contributed by atoms with E-state index in [2.05, 4.69) is 5.32 Å². The molecule has 0 saturated heterocycles. The SMILES string of the molecule is NC(CO)C(=O)NCCc1cc(Cl)cc(Cl)c1. The Hall–Kier alpha value is -0.810. The molecule has 0 aliphatic rings. The van der Waals surface area contributed by atoms with Crippen LogP contribution in [0.5, 0.6) is 0 Å². The fraction of sp³-hybridized carbons (Fsp3) is 0.364. The van der Waals surface area contributed by atoms with E-state index in [4.69, 9.17) is 34.0 Å². The molecule has 0 heterocycles. The van der Waals surface area contributed by atoms with Crippen LogP contribution < -0.4 is 11.1 Å². The van der Waals surface area contributed by atoms with Gasteiger partial charge in [0.2, 0.25) is 5.91 Å². The fourth-order valence-corrected chi connectivity index (χ4v) is 1.87. The van der Waals surface area contributed by atoms with Crippen LogP contribution in [-0.4, -0.2) is 30.2 Å². The van der Waals surface area contributed by atoms with Gasteiger partial charge in [0.15, 0.2) is 0 Å². The number of halogens is 2. The van der Waals surface area contributed by atoms with Crippen LogP contribution in [-0.2, 0) is 11.2 Å². The van der Waals surface area contributed by atoms with Crippen LogP contribution in [0.15, 0.2) is 18.2 Å². The highest BCUT2D eigenvalue weighted by Gasteiger charge is 2.10. The first-order valence-corrected chi connectivity index (χ1v) is 5.87. The number of nitrogens with one attached hydrogen (secondary N) is 1. The minimum atomic E-state index is -0.877. The molecule has 4 nitrogen and oxygen atoms in total. The molecule has 0 aliphatic heterocycles. The van der Waals surface area contributed by atoms with E-state index in [1.165, 1.54) is 0 Å². The summed E-state index contributed by atoms with van der Waals surface area (Å²) >= 11 is 11.7. The average Bonchev–Trinajstić information content (AvgIpc) is 2.26. The highest BCUT2D eigenvalue weighted by atomic mass is 35.5. The van der Waals surface area contributed by atoms with Gasteiger partial charge in [0, 0.05) is 16.6 Å². The van der Waals surface area contributed by atoms with E-state index in [0.29, 0.717) is 23.0 Å². The van der Waals surface area contributed by atoms with E-state index in [1.54, 1.807) is 18.2 Å². The monoisotopic (exact) mass is 276 g/mol. The molecule has 6 heteroatoms. The summed E-state index contributed by atoms with van der Waals surface area (Å²) in [5.41, 5.74) is 6.27. The summed E-state index contributed by atoms with van der Waals surface area (Å²) in [6.45, 7) is 0.0536. The first kappa shape index (κ1) is 14.3. The molecule has 0 aromatic heterocycles. The van der Waals surface area contributed by atoms with Crippen LogP contribution in [0.1, 0.15) is 5.56 Å². The first-order valence-electron chi connectivity index (χ1n) is 5.12. The molecule has 4 N–H and O–H groups in total. The average molecular weight is 277 g/mol. The Kier molecular flexibility index (Phi) is 5.71. The van der Waals surface area contributed by atoms with Crippen LogP contribution in [0.3, 0.4) is 0 Å². The van der Waals surface area contributed by atoms with Crippen molar-refractivity contribution in [2.75, 3.05) is 13.2 Å². The summed E-state index contributed by atoms with van der Waals surface area (Å²) in [6.07, 6.45) is 0.601. The molecule has 94 valence electrons. The highest BCUT2D eigenvalue weighted by molar-refractivity contribution is 6.34. The zero-order chi connectivity index (χ0) is 12.8. The number of hydrogen-bond acceptors (Lipinski definition) is 3. The molecule has 1 rings (SSSR count). The van der Waals surface area contributed by atoms with E-state index >= 15 is 0 Å². The number of aliphatic hydroxyl groups is 1. The zero-order valence-corrected chi connectivity index (χ0v) is 10.6. The Balaban J connectivity index is 2.43. The molecule has 0 bridgehead atoms. The fourth-order valence-electron chi connectivity index (χ4n) is 1.30. The normalized spacial score (nSPS) is 12.2. The molecule has 0 radical (unpaired) electrons. The van der Waals surface area contributed by atoms with Crippen LogP contribution >= 0.6 is 23.2 Å². The number of amides is 1. The summed E-state index contributed by atoms with van der Waals surface area (Å²) in [5.74, 6) is -0.374. The van der Waals surface area contributed by atoms with Gasteiger partial charge < -0.3 is 16.2 Å². The van der Waals surface area contributed by atoms with Gasteiger partial charge >= 0.3 is 0 Å². The number of hydrogen-bond donors (Lipinski definition) is 3. The molecular formula is C11H14Cl2N2O2. The van der Waals surface area contributed by atoms with Crippen LogP contribution in [0.2, 0.25) is 10.0 Å². The minimum absolute atomic E-state index is 0.366. The molecule has 1 aromatic rings. The molecule has 0 aliphatic carbocycles. The first-order chi connectivity index (χ1) is 8.02. The lowest BCUT2D eigenvalue weighted by Gasteiger charge is -2.09. The Morgan fingerprint density at radius 1 is 1.35 bits per heavy atom. The Morgan fingerprint density at radius 3 is 2.47 bits per heavy atom. The maximum absolute atomic E-state index is 11.2. The van der Waals surface area contributed by atoms with E-state index in [0.717, 1.165) is 5.56 Å². The standard InChI is InChI=1S/C11H14Cl2N2O2/c12-8-3-7(4-9(13)5-8)1-2-15-11(17)10(14)6-16/h3-5,10,16H,1-2,6,14H2,(H,15,17). The third kappa shape index (κ3) is 4.91. The third-order valence-electron chi connectivity index (χ3n) is 2.17. The van der Waals surface area contributed by atoms with Gasteiger partial charge in [0.1, 0.15) is 6.04 Å². The van der Waals surface area contributed by atoms with Gasteiger partial charge in [-0.15, -0.1) is 0 Å². The maximum atomic E-state index is 11.2. The van der Waals surface area contributed by atoms with Crippen molar-refractivity contribution in [1.82, 2.24) is 5.32 Å². The van der Waals surface area contributed by atoms with Crippen molar-refractivity contribution < 1.29 is 9.90 Å². The van der Waals surface area contributed by atoms with E-state index < -0.39 is 6.04 Å². The molecule has 0 spiro atoms. The second-order valence-electron chi connectivity index (χ2n) is 3.61. The summed E-state index contributed by atoms with van der Waals surface area (Å²) < 4.78 is 0. The lowest BCUT2D eigenvalue weighted by molar-refractivity contribution is -0.123. The minimum Gasteiger partial charge on any atom is -0.394 e. The number of rotatable bonds is 5. The highest BCUT2D eigenvalue weighted by Crippen LogP contribution is 2.19. The lowest BCUT2D eigenvalue weighted by atomic mass is 10.1. The largest absolute Gasteiger partial charge is 0.394 e. The Labute approximate surface area is 110 Å². The number of benzene rings is 1. The number of carbonyl (C=O) groups is 1. The van der Waals surface area contributed by atoms with Crippen molar-refractivity contribution in [1.29, 1.82) is 0 Å². The second-order valence-corrected chi connectivity index (χ2v) is 4.48. The summed E-state index contributed by atoms with van der Waals surface area (Å²) in [4.78, 5) is 11.2. The van der Waals surface area contributed by atoms with Crippen molar-refractivity contribution in [2.45, 2.75) is 12.5 Å². The van der Waals surface area contributed by atoms with E-state index in [1.807, 2.05) is 0 Å². The smallest absolute Gasteiger partial charge is 0.239 e. The van der Waals surface area contributed by atoms with E-state index in [-0.39, 0.29) is 12.5 Å². The number of carbonyl (C=O) groups excluding carboxylic acids is 1. The quantitative estimate of drug-likeness (QED) is 0.750. The van der Waals surface area contributed by atoms with Crippen molar-refractivity contribution in [2.24, 2.45) is 5.73 Å². The van der Waals surface area contributed by atoms with Gasteiger partial charge in [-0.2, -0.15) is 0 Å². The number of nitrogens with two attached hydrogens (primary N) is 1. The Bertz CT molecular complexity index is 379.